The number of nitrogens with zero attached hydrogens (tertiary/aromatic N) is 1. The van der Waals surface area contributed by atoms with Gasteiger partial charge >= 0.3 is 0 Å². The molecule has 0 aliphatic carbocycles. The van der Waals surface area contributed by atoms with Crippen LogP contribution in [0.5, 0.6) is 0 Å². The molecule has 0 aromatic carbocycles. The fourth-order valence-electron chi connectivity index (χ4n) is 0.581. The van der Waals surface area contributed by atoms with Crippen LogP contribution in [0.2, 0.25) is 0 Å². The van der Waals surface area contributed by atoms with Crippen LogP contribution in [0.25, 0.3) is 0 Å². The second-order valence-corrected chi connectivity index (χ2v) is 2.32. The highest BCUT2D eigenvalue weighted by Gasteiger charge is 1.88. The lowest BCUT2D eigenvalue weighted by Crippen LogP contribution is -1.87. The second kappa shape index (κ2) is 2.82. The Kier molecular flexibility index (Phi) is 2.05. The van der Waals surface area contributed by atoms with Crippen molar-refractivity contribution in [3.05, 3.63) is 24.0 Å². The van der Waals surface area contributed by atoms with Crippen molar-refractivity contribution in [2.24, 2.45) is 0 Å². The maximum absolute atomic E-state index is 5.45. The Morgan fingerprint density at radius 2 is 2.33 bits per heavy atom. The van der Waals surface area contributed by atoms with Gasteiger partial charge in [0.1, 0.15) is 0 Å². The molecule has 0 saturated heterocycles. The third-order valence-corrected chi connectivity index (χ3v) is 1.62. The first-order chi connectivity index (χ1) is 4.33. The summed E-state index contributed by atoms with van der Waals surface area (Å²) in [5.74, 6) is 0. The Balaban J connectivity index is 2.94. The molecule has 9 heavy (non-hydrogen) atoms. The summed E-state index contributed by atoms with van der Waals surface area (Å²) in [6.45, 7) is 0. The third-order valence-electron chi connectivity index (χ3n) is 0.970. The zero-order chi connectivity index (χ0) is 6.69. The van der Waals surface area contributed by atoms with E-state index in [1.807, 2.05) is 6.07 Å². The Labute approximate surface area is 62.2 Å². The molecule has 0 aliphatic rings. The van der Waals surface area contributed by atoms with Crippen LogP contribution in [-0.2, 0) is 5.33 Å². The molecule has 0 unspecified atom stereocenters. The Morgan fingerprint density at radius 3 is 2.78 bits per heavy atom. The lowest BCUT2D eigenvalue weighted by atomic mass is 10.3. The van der Waals surface area contributed by atoms with Gasteiger partial charge in [0.15, 0.2) is 0 Å². The molecule has 0 spiro atoms. The summed E-state index contributed by atoms with van der Waals surface area (Å²) in [7, 11) is 0. The number of anilines is 1. The van der Waals surface area contributed by atoms with Gasteiger partial charge in [-0.1, -0.05) is 15.9 Å². The van der Waals surface area contributed by atoms with Gasteiger partial charge in [0.2, 0.25) is 0 Å². The molecule has 1 heterocycles. The van der Waals surface area contributed by atoms with Gasteiger partial charge in [0, 0.05) is 17.7 Å². The monoisotopic (exact) mass is 186 g/mol. The van der Waals surface area contributed by atoms with Crippen molar-refractivity contribution in [1.29, 1.82) is 0 Å². The van der Waals surface area contributed by atoms with Gasteiger partial charge in [0.05, 0.1) is 5.69 Å². The fraction of sp³-hybridized carbons (Fsp3) is 0.167. The molecule has 3 heteroatoms. The van der Waals surface area contributed by atoms with E-state index in [0.717, 1.165) is 10.9 Å². The van der Waals surface area contributed by atoms with E-state index in [2.05, 4.69) is 20.9 Å². The van der Waals surface area contributed by atoms with Crippen molar-refractivity contribution in [2.75, 3.05) is 5.73 Å². The van der Waals surface area contributed by atoms with E-state index < -0.39 is 0 Å². The van der Waals surface area contributed by atoms with Crippen LogP contribution in [0.1, 0.15) is 5.56 Å². The first-order valence-corrected chi connectivity index (χ1v) is 3.70. The maximum Gasteiger partial charge on any atom is 0.0503 e. The highest BCUT2D eigenvalue weighted by Crippen LogP contribution is 2.06. The Hall–Kier alpha value is -0.570. The molecule has 0 atom stereocenters. The molecular weight excluding hydrogens is 180 g/mol. The average Bonchev–Trinajstić information content (AvgIpc) is 1.88. The molecule has 48 valence electrons. The Bertz CT molecular complexity index is 200. The summed E-state index contributed by atoms with van der Waals surface area (Å²) in [6.07, 6.45) is 3.41. The first kappa shape index (κ1) is 6.55. The Morgan fingerprint density at radius 1 is 1.56 bits per heavy atom. The summed E-state index contributed by atoms with van der Waals surface area (Å²) >= 11 is 3.30. The van der Waals surface area contributed by atoms with E-state index >= 15 is 0 Å². The molecule has 0 saturated carbocycles. The molecule has 0 radical (unpaired) electrons. The number of aromatic nitrogens is 1. The van der Waals surface area contributed by atoms with Gasteiger partial charge in [-0.25, -0.2) is 0 Å². The molecule has 0 aliphatic heterocycles. The van der Waals surface area contributed by atoms with E-state index in [1.165, 1.54) is 0 Å². The number of pyridine rings is 1. The second-order valence-electron chi connectivity index (χ2n) is 1.76. The van der Waals surface area contributed by atoms with E-state index in [-0.39, 0.29) is 0 Å². The molecule has 2 N–H and O–H groups in total. The van der Waals surface area contributed by atoms with E-state index in [0.29, 0.717) is 5.69 Å². The average molecular weight is 187 g/mol. The van der Waals surface area contributed by atoms with Crippen LogP contribution in [-0.4, -0.2) is 4.98 Å². The van der Waals surface area contributed by atoms with Crippen molar-refractivity contribution in [1.82, 2.24) is 4.98 Å². The lowest BCUT2D eigenvalue weighted by Gasteiger charge is -1.93. The van der Waals surface area contributed by atoms with E-state index in [9.17, 15) is 0 Å². The standard InChI is InChI=1S/C6H7BrN2/c7-2-5-1-6(8)4-9-3-5/h1,3-4H,2,8H2. The lowest BCUT2D eigenvalue weighted by molar-refractivity contribution is 1.26. The van der Waals surface area contributed by atoms with Crippen LogP contribution < -0.4 is 5.73 Å². The van der Waals surface area contributed by atoms with Crippen LogP contribution in [0.3, 0.4) is 0 Å². The topological polar surface area (TPSA) is 38.9 Å². The van der Waals surface area contributed by atoms with Gasteiger partial charge in [-0.05, 0) is 11.6 Å². The van der Waals surface area contributed by atoms with Crippen molar-refractivity contribution in [3.8, 4) is 0 Å². The largest absolute Gasteiger partial charge is 0.397 e. The minimum atomic E-state index is 0.715. The van der Waals surface area contributed by atoms with Crippen molar-refractivity contribution < 1.29 is 0 Å². The number of nitrogen functional groups attached to an aromatic ring is 1. The zero-order valence-corrected chi connectivity index (χ0v) is 6.43. The third kappa shape index (κ3) is 1.68. The first-order valence-electron chi connectivity index (χ1n) is 2.58. The molecule has 2 nitrogen and oxygen atoms in total. The SMILES string of the molecule is Nc1cncc(CBr)c1. The molecule has 0 fully saturated rings. The molecule has 0 bridgehead atoms. The normalized spacial score (nSPS) is 9.44. The summed E-state index contributed by atoms with van der Waals surface area (Å²) in [4.78, 5) is 3.90. The van der Waals surface area contributed by atoms with Crippen LogP contribution in [0.4, 0.5) is 5.69 Å². The van der Waals surface area contributed by atoms with Gasteiger partial charge in [0.25, 0.3) is 0 Å². The number of nitrogens with two attached hydrogens (primary N) is 1. The highest BCUT2D eigenvalue weighted by atomic mass is 79.9. The van der Waals surface area contributed by atoms with Gasteiger partial charge in [-0.15, -0.1) is 0 Å². The van der Waals surface area contributed by atoms with Crippen LogP contribution in [0, 0.1) is 0 Å². The number of halogens is 1. The van der Waals surface area contributed by atoms with Gasteiger partial charge in [-0.2, -0.15) is 0 Å². The minimum absolute atomic E-state index is 0.715. The van der Waals surface area contributed by atoms with Crippen molar-refractivity contribution >= 4 is 21.6 Å². The fourth-order valence-corrected chi connectivity index (χ4v) is 0.887. The molecule has 1 rings (SSSR count). The quantitative estimate of drug-likeness (QED) is 0.677. The molecule has 1 aromatic heterocycles. The number of rotatable bonds is 1. The smallest absolute Gasteiger partial charge is 0.0503 e. The van der Waals surface area contributed by atoms with Crippen molar-refractivity contribution in [2.45, 2.75) is 5.33 Å². The summed E-state index contributed by atoms with van der Waals surface area (Å²) in [5, 5.41) is 0.811. The number of alkyl halides is 1. The van der Waals surface area contributed by atoms with E-state index in [1.54, 1.807) is 12.4 Å². The predicted molar refractivity (Wildman–Crippen MR) is 41.3 cm³/mol. The summed E-state index contributed by atoms with van der Waals surface area (Å²) in [5.41, 5.74) is 7.27. The van der Waals surface area contributed by atoms with E-state index in [4.69, 9.17) is 5.73 Å². The number of hydrogen-bond acceptors (Lipinski definition) is 2. The molecule has 0 amide bonds. The summed E-state index contributed by atoms with van der Waals surface area (Å²) in [6, 6.07) is 1.89. The van der Waals surface area contributed by atoms with Gasteiger partial charge in [-0.3, -0.25) is 4.98 Å². The van der Waals surface area contributed by atoms with Crippen molar-refractivity contribution in [3.63, 3.8) is 0 Å². The summed E-state index contributed by atoms with van der Waals surface area (Å²) < 4.78 is 0. The predicted octanol–water partition coefficient (Wildman–Crippen LogP) is 1.56. The molecule has 1 aromatic rings. The van der Waals surface area contributed by atoms with Crippen LogP contribution >= 0.6 is 15.9 Å². The minimum Gasteiger partial charge on any atom is -0.397 e. The molecular formula is C6H7BrN2. The highest BCUT2D eigenvalue weighted by molar-refractivity contribution is 9.08. The zero-order valence-electron chi connectivity index (χ0n) is 4.84. The van der Waals surface area contributed by atoms with Crippen LogP contribution in [0.15, 0.2) is 18.5 Å². The van der Waals surface area contributed by atoms with Gasteiger partial charge < -0.3 is 5.73 Å². The number of hydrogen-bond donors (Lipinski definition) is 1. The maximum atomic E-state index is 5.45.